The molecule has 4 amide bonds. The first-order chi connectivity index (χ1) is 13.3. The molecule has 8 nitrogen and oxygen atoms in total. The van der Waals surface area contributed by atoms with Crippen LogP contribution in [0.1, 0.15) is 54.9 Å². The van der Waals surface area contributed by atoms with Gasteiger partial charge in [-0.05, 0) is 49.8 Å². The Balaban J connectivity index is 1.67. The van der Waals surface area contributed by atoms with E-state index in [1.54, 1.807) is 31.2 Å². The molecule has 0 spiro atoms. The summed E-state index contributed by atoms with van der Waals surface area (Å²) in [7, 11) is 0. The van der Waals surface area contributed by atoms with Crippen molar-refractivity contribution in [3.05, 3.63) is 35.4 Å². The SMILES string of the molecule is CC1(c2cccc(C(=O)N3C(C(=O)O)CC4CCCCC43)c2)NC(=O)NC1=O. The van der Waals surface area contributed by atoms with E-state index in [0.29, 0.717) is 17.5 Å². The number of rotatable bonds is 3. The van der Waals surface area contributed by atoms with Crippen LogP contribution in [0.15, 0.2) is 24.3 Å². The number of carbonyl (C=O) groups excluding carboxylic acids is 3. The van der Waals surface area contributed by atoms with E-state index in [1.165, 1.54) is 4.90 Å². The lowest BCUT2D eigenvalue weighted by molar-refractivity contribution is -0.141. The van der Waals surface area contributed by atoms with Gasteiger partial charge in [-0.25, -0.2) is 9.59 Å². The lowest BCUT2D eigenvalue weighted by Crippen LogP contribution is -2.46. The fourth-order valence-electron chi connectivity index (χ4n) is 4.83. The van der Waals surface area contributed by atoms with Crippen LogP contribution in [0.3, 0.4) is 0 Å². The molecule has 2 saturated heterocycles. The largest absolute Gasteiger partial charge is 0.480 e. The van der Waals surface area contributed by atoms with E-state index in [0.717, 1.165) is 25.7 Å². The molecular weight excluding hydrogens is 362 g/mol. The number of amides is 4. The van der Waals surface area contributed by atoms with Crippen LogP contribution in [0, 0.1) is 5.92 Å². The number of aliphatic carboxylic acids is 1. The Morgan fingerprint density at radius 2 is 1.96 bits per heavy atom. The van der Waals surface area contributed by atoms with Gasteiger partial charge < -0.3 is 15.3 Å². The zero-order valence-corrected chi connectivity index (χ0v) is 15.6. The molecule has 8 heteroatoms. The van der Waals surface area contributed by atoms with E-state index in [-0.39, 0.29) is 17.9 Å². The van der Waals surface area contributed by atoms with Gasteiger partial charge in [-0.2, -0.15) is 0 Å². The molecule has 4 rings (SSSR count). The van der Waals surface area contributed by atoms with E-state index in [2.05, 4.69) is 10.6 Å². The molecule has 0 radical (unpaired) electrons. The van der Waals surface area contributed by atoms with Gasteiger partial charge in [-0.1, -0.05) is 25.0 Å². The first-order valence-electron chi connectivity index (χ1n) is 9.61. The summed E-state index contributed by atoms with van der Waals surface area (Å²) in [6.07, 6.45) is 4.31. The predicted molar refractivity (Wildman–Crippen MR) is 98.4 cm³/mol. The lowest BCUT2D eigenvalue weighted by Gasteiger charge is -2.33. The molecule has 2 heterocycles. The van der Waals surface area contributed by atoms with Crippen LogP contribution in [0.5, 0.6) is 0 Å². The van der Waals surface area contributed by atoms with Gasteiger partial charge >= 0.3 is 12.0 Å². The average Bonchev–Trinajstić information content (AvgIpc) is 3.19. The molecular formula is C20H23N3O5. The van der Waals surface area contributed by atoms with E-state index < -0.39 is 29.5 Å². The number of nitrogens with zero attached hydrogens (tertiary/aromatic N) is 1. The van der Waals surface area contributed by atoms with Crippen molar-refractivity contribution in [3.8, 4) is 0 Å². The second kappa shape index (κ2) is 6.61. The van der Waals surface area contributed by atoms with Gasteiger partial charge in [0, 0.05) is 11.6 Å². The fourth-order valence-corrected chi connectivity index (χ4v) is 4.83. The summed E-state index contributed by atoms with van der Waals surface area (Å²) in [6.45, 7) is 1.57. The molecule has 4 atom stereocenters. The molecule has 4 unspecified atom stereocenters. The summed E-state index contributed by atoms with van der Waals surface area (Å²) < 4.78 is 0. The van der Waals surface area contributed by atoms with Crippen molar-refractivity contribution in [1.82, 2.24) is 15.5 Å². The molecule has 1 aromatic carbocycles. The highest BCUT2D eigenvalue weighted by Gasteiger charge is 2.48. The number of benzene rings is 1. The van der Waals surface area contributed by atoms with Crippen LogP contribution >= 0.6 is 0 Å². The summed E-state index contributed by atoms with van der Waals surface area (Å²) >= 11 is 0. The highest BCUT2D eigenvalue weighted by atomic mass is 16.4. The third kappa shape index (κ3) is 2.83. The van der Waals surface area contributed by atoms with Crippen LogP contribution in [0.2, 0.25) is 0 Å². The summed E-state index contributed by atoms with van der Waals surface area (Å²) in [6, 6.07) is 5.05. The quantitative estimate of drug-likeness (QED) is 0.684. The molecule has 148 valence electrons. The molecule has 1 saturated carbocycles. The van der Waals surface area contributed by atoms with E-state index in [1.807, 2.05) is 0 Å². The fraction of sp³-hybridized carbons (Fsp3) is 0.500. The molecule has 28 heavy (non-hydrogen) atoms. The Labute approximate surface area is 162 Å². The van der Waals surface area contributed by atoms with Crippen molar-refractivity contribution < 1.29 is 24.3 Å². The summed E-state index contributed by atoms with van der Waals surface area (Å²) in [5, 5.41) is 14.5. The normalized spacial score (nSPS) is 31.9. The number of likely N-dealkylation sites (tertiary alicyclic amines) is 1. The maximum absolute atomic E-state index is 13.3. The number of carboxylic acid groups (broad SMARTS) is 1. The second-order valence-electron chi connectivity index (χ2n) is 8.03. The van der Waals surface area contributed by atoms with Gasteiger partial charge in [-0.15, -0.1) is 0 Å². The molecule has 1 aromatic rings. The number of hydrogen-bond acceptors (Lipinski definition) is 4. The number of urea groups is 1. The van der Waals surface area contributed by atoms with Crippen molar-refractivity contribution in [2.75, 3.05) is 0 Å². The highest BCUT2D eigenvalue weighted by Crippen LogP contribution is 2.40. The smallest absolute Gasteiger partial charge is 0.326 e. The van der Waals surface area contributed by atoms with Crippen molar-refractivity contribution in [3.63, 3.8) is 0 Å². The average molecular weight is 385 g/mol. The van der Waals surface area contributed by atoms with Crippen molar-refractivity contribution in [2.45, 2.75) is 56.7 Å². The van der Waals surface area contributed by atoms with E-state index in [4.69, 9.17) is 0 Å². The number of carboxylic acids is 1. The van der Waals surface area contributed by atoms with Gasteiger partial charge in [0.15, 0.2) is 0 Å². The van der Waals surface area contributed by atoms with Crippen molar-refractivity contribution >= 4 is 23.8 Å². The first kappa shape index (κ1) is 18.5. The maximum atomic E-state index is 13.3. The van der Waals surface area contributed by atoms with Crippen molar-refractivity contribution in [1.29, 1.82) is 0 Å². The molecule has 3 fully saturated rings. The van der Waals surface area contributed by atoms with Crippen LogP contribution < -0.4 is 10.6 Å². The predicted octanol–water partition coefficient (Wildman–Crippen LogP) is 1.60. The third-order valence-corrected chi connectivity index (χ3v) is 6.34. The molecule has 0 bridgehead atoms. The lowest BCUT2D eigenvalue weighted by atomic mass is 9.84. The second-order valence-corrected chi connectivity index (χ2v) is 8.03. The summed E-state index contributed by atoms with van der Waals surface area (Å²) in [4.78, 5) is 50.4. The third-order valence-electron chi connectivity index (χ3n) is 6.34. The minimum absolute atomic E-state index is 0.0592. The van der Waals surface area contributed by atoms with Gasteiger partial charge in [0.05, 0.1) is 0 Å². The van der Waals surface area contributed by atoms with Crippen LogP contribution in [0.25, 0.3) is 0 Å². The highest BCUT2D eigenvalue weighted by molar-refractivity contribution is 6.07. The van der Waals surface area contributed by atoms with Gasteiger partial charge in [0.2, 0.25) is 0 Å². The monoisotopic (exact) mass is 385 g/mol. The van der Waals surface area contributed by atoms with Gasteiger partial charge in [0.1, 0.15) is 11.6 Å². The standard InChI is InChI=1S/C20H23N3O5/c1-20(18(27)21-19(28)22-20)13-7-4-6-12(9-13)16(24)23-14-8-3-2-5-11(14)10-15(23)17(25)26/h4,6-7,9,11,14-15H,2-3,5,8,10H2,1H3,(H,25,26)(H2,21,22,27,28). The summed E-state index contributed by atoms with van der Waals surface area (Å²) in [5.41, 5.74) is -0.462. The number of nitrogens with one attached hydrogen (secondary N) is 2. The van der Waals surface area contributed by atoms with Crippen molar-refractivity contribution in [2.24, 2.45) is 5.92 Å². The Morgan fingerprint density at radius 1 is 1.21 bits per heavy atom. The number of fused-ring (bicyclic) bond motifs is 1. The minimum atomic E-state index is -1.27. The minimum Gasteiger partial charge on any atom is -0.480 e. The number of carbonyl (C=O) groups is 4. The molecule has 0 aromatic heterocycles. The summed E-state index contributed by atoms with van der Waals surface area (Å²) in [5.74, 6) is -1.58. The Bertz CT molecular complexity index is 869. The topological polar surface area (TPSA) is 116 Å². The maximum Gasteiger partial charge on any atom is 0.326 e. The molecule has 2 aliphatic heterocycles. The zero-order valence-electron chi connectivity index (χ0n) is 15.6. The van der Waals surface area contributed by atoms with Gasteiger partial charge in [0.25, 0.3) is 11.8 Å². The Kier molecular flexibility index (Phi) is 4.36. The number of hydrogen-bond donors (Lipinski definition) is 3. The molecule has 3 aliphatic rings. The van der Waals surface area contributed by atoms with Crippen LogP contribution in [-0.2, 0) is 15.1 Å². The first-order valence-corrected chi connectivity index (χ1v) is 9.61. The molecule has 3 N–H and O–H groups in total. The van der Waals surface area contributed by atoms with Gasteiger partial charge in [-0.3, -0.25) is 14.9 Å². The molecule has 1 aliphatic carbocycles. The number of imide groups is 1. The Hall–Kier alpha value is -2.90. The van der Waals surface area contributed by atoms with E-state index >= 15 is 0 Å². The van der Waals surface area contributed by atoms with Crippen LogP contribution in [0.4, 0.5) is 4.79 Å². The van der Waals surface area contributed by atoms with Crippen LogP contribution in [-0.4, -0.2) is 45.9 Å². The Morgan fingerprint density at radius 3 is 2.64 bits per heavy atom. The van der Waals surface area contributed by atoms with E-state index in [9.17, 15) is 24.3 Å². The zero-order chi connectivity index (χ0) is 20.1.